The molecule has 0 spiro atoms. The first-order valence-electron chi connectivity index (χ1n) is 14.1. The predicted octanol–water partition coefficient (Wildman–Crippen LogP) is 5.33. The number of fused-ring (bicyclic) bond motifs is 1. The van der Waals surface area contributed by atoms with Crippen LogP contribution in [-0.2, 0) is 9.53 Å². The fraction of sp³-hybridized carbons (Fsp3) is 0.387. The van der Waals surface area contributed by atoms with Crippen LogP contribution in [0.3, 0.4) is 0 Å². The van der Waals surface area contributed by atoms with Crippen LogP contribution in [0.2, 0.25) is 5.02 Å². The summed E-state index contributed by atoms with van der Waals surface area (Å²) in [6.45, 7) is 5.62. The van der Waals surface area contributed by atoms with Gasteiger partial charge in [-0.25, -0.2) is 4.39 Å². The van der Waals surface area contributed by atoms with E-state index >= 15 is 0 Å². The lowest BCUT2D eigenvalue weighted by molar-refractivity contribution is -0.112. The quantitative estimate of drug-likeness (QED) is 0.240. The predicted molar refractivity (Wildman–Crippen MR) is 162 cm³/mol. The minimum absolute atomic E-state index is 0.0442. The molecule has 11 heteroatoms. The van der Waals surface area contributed by atoms with E-state index in [1.165, 1.54) is 24.4 Å². The van der Waals surface area contributed by atoms with Crippen LogP contribution in [0.25, 0.3) is 10.9 Å². The topological polar surface area (TPSA) is 103 Å². The van der Waals surface area contributed by atoms with Crippen LogP contribution >= 0.6 is 11.6 Å². The Morgan fingerprint density at radius 3 is 2.86 bits per heavy atom. The van der Waals surface area contributed by atoms with Crippen LogP contribution in [0.15, 0.2) is 48.7 Å². The number of carbonyl (C=O) groups is 1. The van der Waals surface area contributed by atoms with Crippen molar-refractivity contribution in [2.75, 3.05) is 63.7 Å². The number of halogens is 2. The molecule has 0 radical (unpaired) electrons. The summed E-state index contributed by atoms with van der Waals surface area (Å²) in [6.07, 6.45) is 7.87. The van der Waals surface area contributed by atoms with E-state index in [2.05, 4.69) is 38.5 Å². The summed E-state index contributed by atoms with van der Waals surface area (Å²) in [6, 6.07) is 10.1. The van der Waals surface area contributed by atoms with Crippen molar-refractivity contribution in [3.05, 3.63) is 65.1 Å². The first kappa shape index (κ1) is 29.7. The summed E-state index contributed by atoms with van der Waals surface area (Å²) in [5.74, 6) is -0.339. The SMILES string of the molecule is CN1CCCC1/C=C/C(=O)Nc1cc2c(Nc3ccc(F)c(Cl)c3)c(C#N)cnc2cc1OCCCN1CCOCC1. The van der Waals surface area contributed by atoms with Gasteiger partial charge in [0.1, 0.15) is 17.6 Å². The van der Waals surface area contributed by atoms with E-state index in [1.807, 2.05) is 6.08 Å². The van der Waals surface area contributed by atoms with E-state index < -0.39 is 5.82 Å². The highest BCUT2D eigenvalue weighted by Crippen LogP contribution is 2.36. The van der Waals surface area contributed by atoms with Gasteiger partial charge in [0.2, 0.25) is 5.91 Å². The molecule has 1 aromatic heterocycles. The minimum Gasteiger partial charge on any atom is -0.491 e. The molecule has 2 N–H and O–H groups in total. The number of likely N-dealkylation sites (N-methyl/N-ethyl adjacent to an activating group) is 1. The number of carbonyl (C=O) groups excluding carboxylic acids is 1. The van der Waals surface area contributed by atoms with Crippen molar-refractivity contribution in [1.82, 2.24) is 14.8 Å². The van der Waals surface area contributed by atoms with Crippen molar-refractivity contribution in [1.29, 1.82) is 5.26 Å². The first-order chi connectivity index (χ1) is 20.4. The van der Waals surface area contributed by atoms with Gasteiger partial charge in [0.25, 0.3) is 0 Å². The maximum atomic E-state index is 13.8. The number of benzene rings is 2. The van der Waals surface area contributed by atoms with Crippen molar-refractivity contribution in [3.63, 3.8) is 0 Å². The number of anilines is 3. The number of nitriles is 1. The Kier molecular flexibility index (Phi) is 9.87. The molecule has 2 aromatic carbocycles. The van der Waals surface area contributed by atoms with Gasteiger partial charge in [-0.3, -0.25) is 19.6 Å². The van der Waals surface area contributed by atoms with Gasteiger partial charge in [-0.05, 0) is 57.1 Å². The fourth-order valence-electron chi connectivity index (χ4n) is 5.22. The smallest absolute Gasteiger partial charge is 0.248 e. The zero-order chi connectivity index (χ0) is 29.5. The molecular weight excluding hydrogens is 559 g/mol. The average molecular weight is 593 g/mol. The van der Waals surface area contributed by atoms with Crippen molar-refractivity contribution < 1.29 is 18.7 Å². The highest BCUT2D eigenvalue weighted by molar-refractivity contribution is 6.31. The number of nitrogens with one attached hydrogen (secondary N) is 2. The maximum absolute atomic E-state index is 13.8. The van der Waals surface area contributed by atoms with Crippen LogP contribution < -0.4 is 15.4 Å². The van der Waals surface area contributed by atoms with Crippen molar-refractivity contribution >= 4 is 45.5 Å². The van der Waals surface area contributed by atoms with E-state index in [1.54, 1.807) is 18.2 Å². The number of morpholine rings is 1. The minimum atomic E-state index is -0.542. The van der Waals surface area contributed by atoms with Crippen LogP contribution in [0, 0.1) is 17.1 Å². The maximum Gasteiger partial charge on any atom is 0.248 e. The number of aromatic nitrogens is 1. The Labute approximate surface area is 249 Å². The Hall–Kier alpha value is -3.75. The van der Waals surface area contributed by atoms with Gasteiger partial charge in [0.15, 0.2) is 0 Å². The van der Waals surface area contributed by atoms with Crippen LogP contribution in [-0.4, -0.2) is 79.8 Å². The van der Waals surface area contributed by atoms with Gasteiger partial charge in [0, 0.05) is 55.1 Å². The molecule has 3 aromatic rings. The summed E-state index contributed by atoms with van der Waals surface area (Å²) in [5.41, 5.74) is 2.27. The zero-order valence-electron chi connectivity index (χ0n) is 23.5. The Morgan fingerprint density at radius 1 is 1.29 bits per heavy atom. The lowest BCUT2D eigenvalue weighted by atomic mass is 10.1. The Balaban J connectivity index is 1.43. The summed E-state index contributed by atoms with van der Waals surface area (Å²) in [4.78, 5) is 22.1. The fourth-order valence-corrected chi connectivity index (χ4v) is 5.40. The summed E-state index contributed by atoms with van der Waals surface area (Å²) >= 11 is 6.00. The van der Waals surface area contributed by atoms with Gasteiger partial charge in [-0.15, -0.1) is 0 Å². The standard InChI is InChI=1S/C31H34ClFN6O3/c1-38-9-2-4-23(38)6-8-30(40)37-28-17-24-27(18-29(28)42-13-3-10-39-11-14-41-15-12-39)35-20-21(19-34)31(24)36-22-5-7-26(33)25(32)16-22/h5-8,16-18,20,23H,2-4,9-15H2,1H3,(H,35,36)(H,37,40)/b8-6+. The summed E-state index contributed by atoms with van der Waals surface area (Å²) in [7, 11) is 2.05. The third-order valence-electron chi connectivity index (χ3n) is 7.56. The number of rotatable bonds is 10. The molecule has 1 atom stereocenters. The van der Waals surface area contributed by atoms with Crippen molar-refractivity contribution in [2.24, 2.45) is 0 Å². The highest BCUT2D eigenvalue weighted by atomic mass is 35.5. The Bertz CT molecular complexity index is 1500. The lowest BCUT2D eigenvalue weighted by Gasteiger charge is -2.26. The van der Waals surface area contributed by atoms with Gasteiger partial charge in [-0.2, -0.15) is 5.26 Å². The number of hydrogen-bond donors (Lipinski definition) is 2. The molecule has 3 heterocycles. The van der Waals surface area contributed by atoms with E-state index in [0.717, 1.165) is 58.7 Å². The third-order valence-corrected chi connectivity index (χ3v) is 7.85. The second kappa shape index (κ2) is 13.9. The number of nitrogens with zero attached hydrogens (tertiary/aromatic N) is 4. The molecule has 1 amide bonds. The molecular formula is C31H34ClFN6O3. The molecule has 220 valence electrons. The monoisotopic (exact) mass is 592 g/mol. The molecule has 1 unspecified atom stereocenters. The van der Waals surface area contributed by atoms with E-state index in [9.17, 15) is 14.4 Å². The van der Waals surface area contributed by atoms with Gasteiger partial charge >= 0.3 is 0 Å². The molecule has 9 nitrogen and oxygen atoms in total. The van der Waals surface area contributed by atoms with Crippen molar-refractivity contribution in [2.45, 2.75) is 25.3 Å². The van der Waals surface area contributed by atoms with Crippen LogP contribution in [0.4, 0.5) is 21.5 Å². The zero-order valence-corrected chi connectivity index (χ0v) is 24.3. The molecule has 2 saturated heterocycles. The summed E-state index contributed by atoms with van der Waals surface area (Å²) in [5, 5.41) is 16.5. The van der Waals surface area contributed by atoms with Gasteiger partial charge in [-0.1, -0.05) is 17.7 Å². The largest absolute Gasteiger partial charge is 0.491 e. The Morgan fingerprint density at radius 2 is 2.12 bits per heavy atom. The molecule has 0 aliphatic carbocycles. The lowest BCUT2D eigenvalue weighted by Crippen LogP contribution is -2.37. The molecule has 5 rings (SSSR count). The highest BCUT2D eigenvalue weighted by Gasteiger charge is 2.19. The van der Waals surface area contributed by atoms with E-state index in [4.69, 9.17) is 21.1 Å². The first-order valence-corrected chi connectivity index (χ1v) is 14.5. The summed E-state index contributed by atoms with van der Waals surface area (Å²) < 4.78 is 25.4. The second-order valence-electron chi connectivity index (χ2n) is 10.5. The number of hydrogen-bond acceptors (Lipinski definition) is 8. The third kappa shape index (κ3) is 7.36. The number of pyridine rings is 1. The average Bonchev–Trinajstić information content (AvgIpc) is 3.41. The van der Waals surface area contributed by atoms with Crippen LogP contribution in [0.5, 0.6) is 5.75 Å². The number of likely N-dealkylation sites (tertiary alicyclic amines) is 1. The second-order valence-corrected chi connectivity index (χ2v) is 10.9. The normalized spacial score (nSPS) is 17.9. The van der Waals surface area contributed by atoms with E-state index in [0.29, 0.717) is 40.3 Å². The van der Waals surface area contributed by atoms with E-state index in [-0.39, 0.29) is 22.5 Å². The van der Waals surface area contributed by atoms with Crippen LogP contribution in [0.1, 0.15) is 24.8 Å². The molecule has 2 aliphatic rings. The molecule has 0 bridgehead atoms. The molecule has 0 saturated carbocycles. The number of ether oxygens (including phenoxy) is 2. The molecule has 42 heavy (non-hydrogen) atoms. The van der Waals surface area contributed by atoms with Crippen molar-refractivity contribution in [3.8, 4) is 11.8 Å². The molecule has 2 fully saturated rings. The molecule has 2 aliphatic heterocycles. The number of amides is 1. The van der Waals surface area contributed by atoms with Gasteiger partial charge in [0.05, 0.1) is 47.3 Å². The van der Waals surface area contributed by atoms with Gasteiger partial charge < -0.3 is 20.1 Å².